The lowest BCUT2D eigenvalue weighted by molar-refractivity contribution is -0.136. The van der Waals surface area contributed by atoms with Gasteiger partial charge in [0.25, 0.3) is 0 Å². The standard InChI is InChI=1S/C8H14O2S3/c1-2-3-5-12-8(11)13-6-4-7(9)10/h2-6H2,1H3,(H,9,10). The summed E-state index contributed by atoms with van der Waals surface area (Å²) in [4.78, 5) is 10.2. The van der Waals surface area contributed by atoms with E-state index in [-0.39, 0.29) is 6.42 Å². The van der Waals surface area contributed by atoms with Gasteiger partial charge >= 0.3 is 5.97 Å². The normalized spacial score (nSPS) is 9.92. The zero-order chi connectivity index (χ0) is 10.1. The van der Waals surface area contributed by atoms with Gasteiger partial charge in [-0.2, -0.15) is 0 Å². The van der Waals surface area contributed by atoms with Crippen molar-refractivity contribution in [2.45, 2.75) is 26.2 Å². The fourth-order valence-electron chi connectivity index (χ4n) is 0.563. The number of rotatable bonds is 6. The average Bonchev–Trinajstić information content (AvgIpc) is 2.04. The predicted octanol–water partition coefficient (Wildman–Crippen LogP) is 3.01. The van der Waals surface area contributed by atoms with E-state index < -0.39 is 5.97 Å². The number of thioether (sulfide) groups is 2. The summed E-state index contributed by atoms with van der Waals surface area (Å²) < 4.78 is 0.870. The molecule has 0 radical (unpaired) electrons. The summed E-state index contributed by atoms with van der Waals surface area (Å²) in [5.74, 6) is 0.886. The minimum Gasteiger partial charge on any atom is -0.481 e. The first-order valence-electron chi connectivity index (χ1n) is 4.18. The molecule has 0 aromatic rings. The van der Waals surface area contributed by atoms with E-state index in [2.05, 4.69) is 6.92 Å². The highest BCUT2D eigenvalue weighted by molar-refractivity contribution is 8.47. The number of carboxylic acids is 1. The van der Waals surface area contributed by atoms with Crippen LogP contribution in [0.4, 0.5) is 0 Å². The van der Waals surface area contributed by atoms with Crippen LogP contribution in [0, 0.1) is 0 Å². The lowest BCUT2D eigenvalue weighted by atomic mass is 10.4. The molecule has 0 saturated carbocycles. The molecule has 0 aliphatic rings. The second-order valence-electron chi connectivity index (χ2n) is 2.44. The van der Waals surface area contributed by atoms with Gasteiger partial charge in [0.05, 0.1) is 6.42 Å². The molecule has 0 heterocycles. The van der Waals surface area contributed by atoms with Crippen LogP contribution >= 0.6 is 35.7 Å². The summed E-state index contributed by atoms with van der Waals surface area (Å²) >= 11 is 8.18. The Balaban J connectivity index is 3.25. The van der Waals surface area contributed by atoms with Gasteiger partial charge in [-0.15, -0.1) is 23.5 Å². The first-order chi connectivity index (χ1) is 6.16. The minimum absolute atomic E-state index is 0.194. The van der Waals surface area contributed by atoms with Crippen LogP contribution in [0.1, 0.15) is 26.2 Å². The Bertz CT molecular complexity index is 171. The molecular weight excluding hydrogens is 224 g/mol. The molecule has 0 atom stereocenters. The molecule has 1 N–H and O–H groups in total. The molecule has 0 fully saturated rings. The third kappa shape index (κ3) is 10.2. The second kappa shape index (κ2) is 8.84. The number of aliphatic carboxylic acids is 1. The van der Waals surface area contributed by atoms with Crippen LogP contribution in [0.15, 0.2) is 0 Å². The summed E-state index contributed by atoms with van der Waals surface area (Å²) in [6.45, 7) is 2.14. The second-order valence-corrected chi connectivity index (χ2v) is 5.84. The van der Waals surface area contributed by atoms with Crippen LogP contribution in [-0.4, -0.2) is 26.1 Å². The lowest BCUT2D eigenvalue weighted by Crippen LogP contribution is -1.97. The fourth-order valence-corrected chi connectivity index (χ4v) is 2.94. The molecule has 2 nitrogen and oxygen atoms in total. The third-order valence-electron chi connectivity index (χ3n) is 1.25. The van der Waals surface area contributed by atoms with Crippen molar-refractivity contribution in [3.05, 3.63) is 0 Å². The highest BCUT2D eigenvalue weighted by Gasteiger charge is 2.01. The molecule has 0 aliphatic carbocycles. The number of thiocarbonyl (C=S) groups is 1. The Labute approximate surface area is 92.9 Å². The Kier molecular flexibility index (Phi) is 9.02. The van der Waals surface area contributed by atoms with E-state index >= 15 is 0 Å². The maximum atomic E-state index is 10.2. The van der Waals surface area contributed by atoms with E-state index in [4.69, 9.17) is 17.3 Å². The third-order valence-corrected chi connectivity index (χ3v) is 4.04. The van der Waals surface area contributed by atoms with Gasteiger partial charge in [0, 0.05) is 5.75 Å². The summed E-state index contributed by atoms with van der Waals surface area (Å²) in [6, 6.07) is 0. The smallest absolute Gasteiger partial charge is 0.304 e. The molecule has 5 heteroatoms. The van der Waals surface area contributed by atoms with Gasteiger partial charge in [0.1, 0.15) is 3.53 Å². The topological polar surface area (TPSA) is 37.3 Å². The maximum absolute atomic E-state index is 10.2. The predicted molar refractivity (Wildman–Crippen MR) is 64.7 cm³/mol. The SMILES string of the molecule is CCCCSC(=S)SCCC(=O)O. The van der Waals surface area contributed by atoms with Crippen LogP contribution in [0.2, 0.25) is 0 Å². The van der Waals surface area contributed by atoms with E-state index in [9.17, 15) is 4.79 Å². The van der Waals surface area contributed by atoms with Crippen molar-refractivity contribution in [2.24, 2.45) is 0 Å². The molecule has 0 amide bonds. The van der Waals surface area contributed by atoms with E-state index in [0.29, 0.717) is 5.75 Å². The number of unbranched alkanes of at least 4 members (excludes halogenated alkanes) is 1. The van der Waals surface area contributed by atoms with Gasteiger partial charge in [-0.05, 0) is 12.2 Å². The summed E-state index contributed by atoms with van der Waals surface area (Å²) in [5.41, 5.74) is 0. The van der Waals surface area contributed by atoms with E-state index in [1.807, 2.05) is 0 Å². The van der Waals surface area contributed by atoms with E-state index in [1.165, 1.54) is 24.6 Å². The number of hydrogen-bond donors (Lipinski definition) is 1. The highest BCUT2D eigenvalue weighted by atomic mass is 32.2. The van der Waals surface area contributed by atoms with E-state index in [0.717, 1.165) is 9.28 Å². The van der Waals surface area contributed by atoms with Gasteiger partial charge in [0.15, 0.2) is 0 Å². The Hall–Kier alpha value is 0.260. The minimum atomic E-state index is -0.756. The molecule has 0 aromatic carbocycles. The van der Waals surface area contributed by atoms with Crippen LogP contribution in [0.5, 0.6) is 0 Å². The summed E-state index contributed by atoms with van der Waals surface area (Å²) in [7, 11) is 0. The molecule has 76 valence electrons. The molecule has 13 heavy (non-hydrogen) atoms. The zero-order valence-corrected chi connectivity index (χ0v) is 10.1. The van der Waals surface area contributed by atoms with Gasteiger partial charge in [0.2, 0.25) is 0 Å². The Morgan fingerprint density at radius 1 is 1.38 bits per heavy atom. The Morgan fingerprint density at radius 2 is 2.00 bits per heavy atom. The quantitative estimate of drug-likeness (QED) is 0.569. The van der Waals surface area contributed by atoms with Crippen molar-refractivity contribution in [1.29, 1.82) is 0 Å². The Morgan fingerprint density at radius 3 is 2.54 bits per heavy atom. The fraction of sp³-hybridized carbons (Fsp3) is 0.750. The molecule has 0 rings (SSSR count). The van der Waals surface area contributed by atoms with Crippen LogP contribution < -0.4 is 0 Å². The van der Waals surface area contributed by atoms with Crippen LogP contribution in [-0.2, 0) is 4.79 Å². The summed E-state index contributed by atoms with van der Waals surface area (Å²) in [5, 5.41) is 8.38. The van der Waals surface area contributed by atoms with Crippen molar-refractivity contribution >= 4 is 45.2 Å². The largest absolute Gasteiger partial charge is 0.481 e. The van der Waals surface area contributed by atoms with Crippen LogP contribution in [0.25, 0.3) is 0 Å². The molecule has 0 saturated heterocycles. The average molecular weight is 238 g/mol. The van der Waals surface area contributed by atoms with Crippen molar-refractivity contribution in [3.63, 3.8) is 0 Å². The number of carbonyl (C=O) groups is 1. The zero-order valence-electron chi connectivity index (χ0n) is 7.62. The summed E-state index contributed by atoms with van der Waals surface area (Å²) in [6.07, 6.45) is 2.54. The molecule has 0 bridgehead atoms. The first kappa shape index (κ1) is 13.3. The monoisotopic (exact) mass is 238 g/mol. The molecule has 0 spiro atoms. The van der Waals surface area contributed by atoms with Crippen molar-refractivity contribution in [3.8, 4) is 0 Å². The maximum Gasteiger partial charge on any atom is 0.304 e. The van der Waals surface area contributed by atoms with Crippen molar-refractivity contribution in [1.82, 2.24) is 0 Å². The highest BCUT2D eigenvalue weighted by Crippen LogP contribution is 2.19. The molecule has 0 unspecified atom stereocenters. The van der Waals surface area contributed by atoms with Gasteiger partial charge < -0.3 is 5.11 Å². The van der Waals surface area contributed by atoms with Gasteiger partial charge in [-0.1, -0.05) is 25.6 Å². The lowest BCUT2D eigenvalue weighted by Gasteiger charge is -2.00. The molecular formula is C8H14O2S3. The number of hydrogen-bond acceptors (Lipinski definition) is 4. The van der Waals surface area contributed by atoms with Gasteiger partial charge in [-0.3, -0.25) is 4.79 Å². The molecule has 0 aromatic heterocycles. The van der Waals surface area contributed by atoms with E-state index in [1.54, 1.807) is 11.8 Å². The van der Waals surface area contributed by atoms with Crippen molar-refractivity contribution in [2.75, 3.05) is 11.5 Å². The van der Waals surface area contributed by atoms with Gasteiger partial charge in [-0.25, -0.2) is 0 Å². The van der Waals surface area contributed by atoms with Crippen LogP contribution in [0.3, 0.4) is 0 Å². The first-order valence-corrected chi connectivity index (χ1v) is 6.56. The van der Waals surface area contributed by atoms with Crippen molar-refractivity contribution < 1.29 is 9.90 Å². The molecule has 0 aliphatic heterocycles. The number of carboxylic acid groups (broad SMARTS) is 1.